The summed E-state index contributed by atoms with van der Waals surface area (Å²) in [6.07, 6.45) is -1.31. The number of hydrogen-bond acceptors (Lipinski definition) is 9. The van der Waals surface area contributed by atoms with Crippen LogP contribution in [0.5, 0.6) is 28.7 Å². The molecule has 0 unspecified atom stereocenters. The zero-order valence-corrected chi connectivity index (χ0v) is 22.9. The van der Waals surface area contributed by atoms with Gasteiger partial charge in [0.05, 0.1) is 5.41 Å². The Hall–Kier alpha value is -3.75. The third-order valence-electron chi connectivity index (χ3n) is 4.79. The summed E-state index contributed by atoms with van der Waals surface area (Å²) < 4.78 is 32.2. The average molecular weight is 517 g/mol. The Morgan fingerprint density at radius 2 is 1.08 bits per heavy atom. The molecule has 0 saturated carbocycles. The second-order valence-corrected chi connectivity index (χ2v) is 10.9. The molecular weight excluding hydrogens is 480 g/mol. The maximum absolute atomic E-state index is 12.3. The molecule has 0 N–H and O–H groups in total. The number of carbonyl (C=O) groups excluding carboxylic acids is 3. The van der Waals surface area contributed by atoms with Crippen molar-refractivity contribution < 1.29 is 42.8 Å². The zero-order chi connectivity index (χ0) is 28.0. The van der Waals surface area contributed by atoms with Crippen LogP contribution >= 0.6 is 0 Å². The molecule has 2 aromatic carbocycles. The molecule has 0 radical (unpaired) electrons. The van der Waals surface area contributed by atoms with Gasteiger partial charge in [-0.3, -0.25) is 4.79 Å². The topological polar surface area (TPSA) is 107 Å². The van der Waals surface area contributed by atoms with E-state index in [1.54, 1.807) is 65.8 Å². The van der Waals surface area contributed by atoms with Crippen molar-refractivity contribution in [2.75, 3.05) is 0 Å². The standard InChI is InChI=1S/C28H36O9/c1-10-28(8,9)23(29)33-19-13-11-18(12-14-19)32-20-15-16-21(34-24(30)36-26(2,3)4)22(17-20)35-25(31)37-27(5,6)7/h11-17H,10H2,1-9H3. The van der Waals surface area contributed by atoms with Crippen LogP contribution in [0.3, 0.4) is 0 Å². The molecule has 0 aromatic heterocycles. The largest absolute Gasteiger partial charge is 0.514 e. The summed E-state index contributed by atoms with van der Waals surface area (Å²) in [5.74, 6) is 0.603. The number of ether oxygens (including phenoxy) is 6. The highest BCUT2D eigenvalue weighted by molar-refractivity contribution is 5.78. The predicted molar refractivity (Wildman–Crippen MR) is 136 cm³/mol. The van der Waals surface area contributed by atoms with Crippen LogP contribution in [0.2, 0.25) is 0 Å². The number of esters is 1. The molecule has 2 aromatic rings. The van der Waals surface area contributed by atoms with Gasteiger partial charge >= 0.3 is 18.3 Å². The van der Waals surface area contributed by atoms with E-state index in [4.69, 9.17) is 28.4 Å². The number of benzene rings is 2. The van der Waals surface area contributed by atoms with E-state index in [2.05, 4.69) is 0 Å². The van der Waals surface area contributed by atoms with Crippen LogP contribution in [0.4, 0.5) is 9.59 Å². The van der Waals surface area contributed by atoms with E-state index in [1.165, 1.54) is 18.2 Å². The maximum Gasteiger partial charge on any atom is 0.514 e. The van der Waals surface area contributed by atoms with Crippen LogP contribution < -0.4 is 18.9 Å². The molecule has 0 fully saturated rings. The van der Waals surface area contributed by atoms with E-state index in [1.807, 2.05) is 20.8 Å². The molecule has 0 spiro atoms. The van der Waals surface area contributed by atoms with Gasteiger partial charge in [0.2, 0.25) is 0 Å². The minimum atomic E-state index is -0.986. The zero-order valence-electron chi connectivity index (χ0n) is 22.9. The van der Waals surface area contributed by atoms with Crippen LogP contribution in [0.1, 0.15) is 68.7 Å². The Balaban J connectivity index is 2.22. The van der Waals surface area contributed by atoms with Crippen molar-refractivity contribution in [2.24, 2.45) is 5.41 Å². The Kier molecular flexibility index (Phi) is 9.19. The van der Waals surface area contributed by atoms with Crippen LogP contribution in [0.15, 0.2) is 42.5 Å². The van der Waals surface area contributed by atoms with Crippen molar-refractivity contribution in [3.05, 3.63) is 42.5 Å². The lowest BCUT2D eigenvalue weighted by Crippen LogP contribution is -2.28. The molecule has 0 bridgehead atoms. The maximum atomic E-state index is 12.3. The van der Waals surface area contributed by atoms with E-state index in [0.29, 0.717) is 17.9 Å². The van der Waals surface area contributed by atoms with E-state index < -0.39 is 28.9 Å². The molecule has 37 heavy (non-hydrogen) atoms. The van der Waals surface area contributed by atoms with Gasteiger partial charge < -0.3 is 28.4 Å². The van der Waals surface area contributed by atoms with E-state index in [0.717, 1.165) is 0 Å². The third kappa shape index (κ3) is 10.0. The van der Waals surface area contributed by atoms with Gasteiger partial charge in [0.25, 0.3) is 0 Å². The Labute approximate surface area is 217 Å². The van der Waals surface area contributed by atoms with Crippen LogP contribution in [-0.2, 0) is 14.3 Å². The molecule has 0 atom stereocenters. The lowest BCUT2D eigenvalue weighted by molar-refractivity contribution is -0.144. The molecule has 0 saturated heterocycles. The summed E-state index contributed by atoms with van der Waals surface area (Å²) in [6.45, 7) is 15.7. The van der Waals surface area contributed by atoms with Crippen molar-refractivity contribution >= 4 is 18.3 Å². The van der Waals surface area contributed by atoms with Crippen LogP contribution in [0.25, 0.3) is 0 Å². The normalized spacial score (nSPS) is 11.8. The second kappa shape index (κ2) is 11.5. The van der Waals surface area contributed by atoms with Gasteiger partial charge in [0.1, 0.15) is 28.5 Å². The van der Waals surface area contributed by atoms with Crippen LogP contribution in [-0.4, -0.2) is 29.5 Å². The van der Waals surface area contributed by atoms with Gasteiger partial charge in [-0.05, 0) is 98.2 Å². The fourth-order valence-electron chi connectivity index (χ4n) is 2.54. The third-order valence-corrected chi connectivity index (χ3v) is 4.79. The molecule has 0 aliphatic rings. The first-order chi connectivity index (χ1) is 17.0. The Bertz CT molecular complexity index is 1100. The molecule has 0 amide bonds. The Morgan fingerprint density at radius 1 is 0.622 bits per heavy atom. The minimum absolute atomic E-state index is 0.0618. The molecule has 2 rings (SSSR count). The van der Waals surface area contributed by atoms with Gasteiger partial charge in [0.15, 0.2) is 11.5 Å². The highest BCUT2D eigenvalue weighted by Gasteiger charge is 2.28. The first-order valence-corrected chi connectivity index (χ1v) is 11.9. The molecule has 202 valence electrons. The SMILES string of the molecule is CCC(C)(C)C(=O)Oc1ccc(Oc2ccc(OC(=O)OC(C)(C)C)c(OC(=O)OC(C)(C)C)c2)cc1. The fraction of sp³-hybridized carbons (Fsp3) is 0.464. The van der Waals surface area contributed by atoms with Gasteiger partial charge in [-0.15, -0.1) is 0 Å². The van der Waals surface area contributed by atoms with E-state index >= 15 is 0 Å². The van der Waals surface area contributed by atoms with E-state index in [9.17, 15) is 14.4 Å². The summed E-state index contributed by atoms with van der Waals surface area (Å²) in [5, 5.41) is 0. The average Bonchev–Trinajstić information content (AvgIpc) is 2.74. The van der Waals surface area contributed by atoms with Crippen molar-refractivity contribution in [2.45, 2.75) is 79.9 Å². The highest BCUT2D eigenvalue weighted by atomic mass is 16.8. The van der Waals surface area contributed by atoms with Crippen LogP contribution in [0, 0.1) is 5.41 Å². The van der Waals surface area contributed by atoms with Gasteiger partial charge in [-0.25, -0.2) is 9.59 Å². The number of rotatable bonds is 7. The van der Waals surface area contributed by atoms with Crippen molar-refractivity contribution in [3.8, 4) is 28.7 Å². The molecule has 0 aliphatic carbocycles. The van der Waals surface area contributed by atoms with Gasteiger partial charge in [-0.2, -0.15) is 0 Å². The summed E-state index contributed by atoms with van der Waals surface area (Å²) in [5.41, 5.74) is -2.17. The molecule has 9 heteroatoms. The quantitative estimate of drug-likeness (QED) is 0.211. The van der Waals surface area contributed by atoms with Crippen molar-refractivity contribution in [1.29, 1.82) is 0 Å². The predicted octanol–water partition coefficient (Wildman–Crippen LogP) is 7.45. The molecule has 0 heterocycles. The van der Waals surface area contributed by atoms with Crippen molar-refractivity contribution in [1.82, 2.24) is 0 Å². The van der Waals surface area contributed by atoms with E-state index in [-0.39, 0.29) is 23.2 Å². The van der Waals surface area contributed by atoms with Gasteiger partial charge in [0, 0.05) is 6.07 Å². The summed E-state index contributed by atoms with van der Waals surface area (Å²) in [7, 11) is 0. The number of hydrogen-bond donors (Lipinski definition) is 0. The summed E-state index contributed by atoms with van der Waals surface area (Å²) in [4.78, 5) is 36.7. The molecule has 0 aliphatic heterocycles. The molecular formula is C28H36O9. The monoisotopic (exact) mass is 516 g/mol. The second-order valence-electron chi connectivity index (χ2n) is 10.9. The highest BCUT2D eigenvalue weighted by Crippen LogP contribution is 2.35. The molecule has 9 nitrogen and oxygen atoms in total. The summed E-state index contributed by atoms with van der Waals surface area (Å²) >= 11 is 0. The smallest absolute Gasteiger partial charge is 0.457 e. The van der Waals surface area contributed by atoms with Gasteiger partial charge in [-0.1, -0.05) is 6.92 Å². The fourth-order valence-corrected chi connectivity index (χ4v) is 2.54. The summed E-state index contributed by atoms with van der Waals surface area (Å²) in [6, 6.07) is 10.8. The lowest BCUT2D eigenvalue weighted by atomic mass is 9.91. The number of carbonyl (C=O) groups is 3. The minimum Gasteiger partial charge on any atom is -0.457 e. The lowest BCUT2D eigenvalue weighted by Gasteiger charge is -2.21. The van der Waals surface area contributed by atoms with Crippen molar-refractivity contribution in [3.63, 3.8) is 0 Å². The first-order valence-electron chi connectivity index (χ1n) is 11.9. The first kappa shape index (κ1) is 29.5. The Morgan fingerprint density at radius 3 is 1.57 bits per heavy atom.